The van der Waals surface area contributed by atoms with Crippen molar-refractivity contribution in [3.05, 3.63) is 105 Å². The highest BCUT2D eigenvalue weighted by atomic mass is 35.5. The van der Waals surface area contributed by atoms with Gasteiger partial charge in [0.25, 0.3) is 11.8 Å². The van der Waals surface area contributed by atoms with Gasteiger partial charge in [-0.05, 0) is 78.2 Å². The minimum absolute atomic E-state index is 0.241. The first kappa shape index (κ1) is 27.2. The Morgan fingerprint density at radius 3 is 2.42 bits per heavy atom. The molecule has 4 aromatic rings. The third kappa shape index (κ3) is 5.39. The second-order valence-electron chi connectivity index (χ2n) is 9.07. The van der Waals surface area contributed by atoms with Crippen molar-refractivity contribution in [2.24, 2.45) is 0 Å². The zero-order chi connectivity index (χ0) is 28.4. The first-order chi connectivity index (χ1) is 19.3. The number of carbonyl (C=O) groups is 3. The van der Waals surface area contributed by atoms with Gasteiger partial charge in [0.15, 0.2) is 11.5 Å². The van der Waals surface area contributed by atoms with Crippen LogP contribution in [0.2, 0.25) is 10.0 Å². The fraction of sp³-hybridized carbons (Fsp3) is 0.129. The summed E-state index contributed by atoms with van der Waals surface area (Å²) in [7, 11) is 0. The summed E-state index contributed by atoms with van der Waals surface area (Å²) >= 11 is 12.6. The van der Waals surface area contributed by atoms with Crippen molar-refractivity contribution in [2.75, 3.05) is 11.5 Å². The van der Waals surface area contributed by atoms with Crippen molar-refractivity contribution in [3.63, 3.8) is 0 Å². The van der Waals surface area contributed by atoms with Crippen molar-refractivity contribution >= 4 is 63.6 Å². The highest BCUT2D eigenvalue weighted by Gasteiger charge is 2.37. The van der Waals surface area contributed by atoms with E-state index in [4.69, 9.17) is 32.7 Å². The molecule has 0 bridgehead atoms. The maximum atomic E-state index is 13.3. The van der Waals surface area contributed by atoms with E-state index in [2.05, 4.69) is 11.4 Å². The van der Waals surface area contributed by atoms with Crippen LogP contribution in [0.25, 0.3) is 16.8 Å². The van der Waals surface area contributed by atoms with Crippen LogP contribution in [0.5, 0.6) is 11.5 Å². The van der Waals surface area contributed by atoms with Gasteiger partial charge in [-0.3, -0.25) is 14.9 Å². The molecule has 1 N–H and O–H groups in total. The lowest BCUT2D eigenvalue weighted by atomic mass is 10.0. The Labute approximate surface area is 240 Å². The average molecular weight is 575 g/mol. The number of fused-ring (bicyclic) bond motifs is 1. The molecular weight excluding hydrogens is 551 g/mol. The predicted molar refractivity (Wildman–Crippen MR) is 156 cm³/mol. The zero-order valence-corrected chi connectivity index (χ0v) is 23.2. The number of ether oxygens (including phenoxy) is 2. The number of barbiturate groups is 1. The van der Waals surface area contributed by atoms with Crippen LogP contribution >= 0.6 is 23.2 Å². The number of hydrogen-bond acceptors (Lipinski definition) is 5. The van der Waals surface area contributed by atoms with Gasteiger partial charge < -0.3 is 9.47 Å². The number of nitrogens with zero attached hydrogens (tertiary/aromatic N) is 1. The van der Waals surface area contributed by atoms with E-state index in [1.807, 2.05) is 44.2 Å². The SMILES string of the molecule is CCOc1cc(/C=C2\C(=O)NC(=O)N(c3ccc(Cl)cc3)C2=O)cc(Cl)c1OCc1c(C)ccc2ccccc12. The average Bonchev–Trinajstić information content (AvgIpc) is 2.92. The number of anilines is 1. The summed E-state index contributed by atoms with van der Waals surface area (Å²) in [6.07, 6.45) is 1.36. The lowest BCUT2D eigenvalue weighted by molar-refractivity contribution is -0.122. The number of halogens is 2. The monoisotopic (exact) mass is 574 g/mol. The van der Waals surface area contributed by atoms with Crippen LogP contribution in [0.4, 0.5) is 10.5 Å². The van der Waals surface area contributed by atoms with Crippen LogP contribution in [0.3, 0.4) is 0 Å². The number of aryl methyl sites for hydroxylation is 1. The van der Waals surface area contributed by atoms with Crippen LogP contribution < -0.4 is 19.7 Å². The molecule has 4 amide bonds. The number of amides is 4. The molecule has 7 nitrogen and oxygen atoms in total. The molecule has 0 aliphatic carbocycles. The molecule has 1 heterocycles. The zero-order valence-electron chi connectivity index (χ0n) is 21.7. The van der Waals surface area contributed by atoms with Crippen molar-refractivity contribution in [1.29, 1.82) is 0 Å². The molecule has 0 aromatic heterocycles. The second kappa shape index (κ2) is 11.4. The molecule has 1 aliphatic rings. The van der Waals surface area contributed by atoms with E-state index >= 15 is 0 Å². The number of benzene rings is 4. The Morgan fingerprint density at radius 1 is 0.925 bits per heavy atom. The Bertz CT molecular complexity index is 1680. The standard InChI is InChI=1S/C31H24Cl2N2O5/c1-3-39-27-16-19(14-24-29(36)34-31(38)35(30(24)37)22-12-10-21(32)11-13-22)15-26(33)28(27)40-17-25-18(2)8-9-20-6-4-5-7-23(20)25/h4-16H,3,17H2,1-2H3,(H,34,36,38)/b24-14+. The third-order valence-electron chi connectivity index (χ3n) is 6.46. The van der Waals surface area contributed by atoms with Gasteiger partial charge in [-0.15, -0.1) is 0 Å². The van der Waals surface area contributed by atoms with Gasteiger partial charge in [-0.1, -0.05) is 59.6 Å². The first-order valence-electron chi connectivity index (χ1n) is 12.5. The summed E-state index contributed by atoms with van der Waals surface area (Å²) in [5, 5.41) is 5.07. The van der Waals surface area contributed by atoms with Crippen LogP contribution in [0, 0.1) is 6.92 Å². The van der Waals surface area contributed by atoms with Gasteiger partial charge in [0.2, 0.25) is 0 Å². The molecule has 0 unspecified atom stereocenters. The minimum Gasteiger partial charge on any atom is -0.490 e. The maximum absolute atomic E-state index is 13.3. The van der Waals surface area contributed by atoms with Gasteiger partial charge in [0.1, 0.15) is 12.2 Å². The number of rotatable bonds is 7. The Balaban J connectivity index is 1.47. The van der Waals surface area contributed by atoms with Crippen molar-refractivity contribution < 1.29 is 23.9 Å². The molecule has 5 rings (SSSR count). The Kier molecular flexibility index (Phi) is 7.78. The molecule has 0 spiro atoms. The van der Waals surface area contributed by atoms with Gasteiger partial charge in [0, 0.05) is 10.6 Å². The summed E-state index contributed by atoms with van der Waals surface area (Å²) in [4.78, 5) is 39.3. The smallest absolute Gasteiger partial charge is 0.335 e. The van der Waals surface area contributed by atoms with Gasteiger partial charge in [-0.2, -0.15) is 0 Å². The first-order valence-corrected chi connectivity index (χ1v) is 13.3. The Hall–Kier alpha value is -4.33. The van der Waals surface area contributed by atoms with Gasteiger partial charge in [0.05, 0.1) is 17.3 Å². The van der Waals surface area contributed by atoms with E-state index in [0.29, 0.717) is 28.7 Å². The number of hydrogen-bond donors (Lipinski definition) is 1. The second-order valence-corrected chi connectivity index (χ2v) is 9.91. The van der Waals surface area contributed by atoms with E-state index in [-0.39, 0.29) is 22.9 Å². The van der Waals surface area contributed by atoms with Crippen LogP contribution in [0.15, 0.2) is 78.4 Å². The molecule has 0 atom stereocenters. The minimum atomic E-state index is -0.852. The van der Waals surface area contributed by atoms with Gasteiger partial charge >= 0.3 is 6.03 Å². The van der Waals surface area contributed by atoms with Crippen LogP contribution in [-0.4, -0.2) is 24.5 Å². The fourth-order valence-corrected chi connectivity index (χ4v) is 4.90. The van der Waals surface area contributed by atoms with Crippen molar-refractivity contribution in [3.8, 4) is 11.5 Å². The molecule has 40 heavy (non-hydrogen) atoms. The summed E-state index contributed by atoms with van der Waals surface area (Å²) in [6, 6.07) is 20.7. The largest absolute Gasteiger partial charge is 0.490 e. The van der Waals surface area contributed by atoms with E-state index in [1.54, 1.807) is 24.3 Å². The molecule has 1 aliphatic heterocycles. The van der Waals surface area contributed by atoms with Crippen molar-refractivity contribution in [1.82, 2.24) is 5.32 Å². The lowest BCUT2D eigenvalue weighted by Crippen LogP contribution is -2.54. The Morgan fingerprint density at radius 2 is 1.68 bits per heavy atom. The van der Waals surface area contributed by atoms with E-state index in [1.165, 1.54) is 18.2 Å². The predicted octanol–water partition coefficient (Wildman–Crippen LogP) is 7.10. The molecule has 0 saturated carbocycles. The van der Waals surface area contributed by atoms with Crippen molar-refractivity contribution in [2.45, 2.75) is 20.5 Å². The van der Waals surface area contributed by atoms with E-state index in [0.717, 1.165) is 26.8 Å². The number of nitrogens with one attached hydrogen (secondary N) is 1. The molecule has 4 aromatic carbocycles. The highest BCUT2D eigenvalue weighted by molar-refractivity contribution is 6.39. The lowest BCUT2D eigenvalue weighted by Gasteiger charge is -2.26. The molecular formula is C31H24Cl2N2O5. The molecule has 0 radical (unpaired) electrons. The normalized spacial score (nSPS) is 14.6. The van der Waals surface area contributed by atoms with E-state index < -0.39 is 17.8 Å². The summed E-state index contributed by atoms with van der Waals surface area (Å²) in [5.41, 5.74) is 2.56. The molecule has 9 heteroatoms. The number of carbonyl (C=O) groups excluding carboxylic acids is 3. The molecule has 202 valence electrons. The fourth-order valence-electron chi connectivity index (χ4n) is 4.50. The maximum Gasteiger partial charge on any atom is 0.335 e. The van der Waals surface area contributed by atoms with Gasteiger partial charge in [-0.25, -0.2) is 9.69 Å². The number of imide groups is 2. The summed E-state index contributed by atoms with van der Waals surface area (Å²) in [6.45, 7) is 4.44. The van der Waals surface area contributed by atoms with E-state index in [9.17, 15) is 14.4 Å². The number of urea groups is 1. The summed E-state index contributed by atoms with van der Waals surface area (Å²) < 4.78 is 12.0. The third-order valence-corrected chi connectivity index (χ3v) is 7.00. The molecule has 1 fully saturated rings. The van der Waals surface area contributed by atoms with Crippen LogP contribution in [0.1, 0.15) is 23.6 Å². The quantitative estimate of drug-likeness (QED) is 0.188. The topological polar surface area (TPSA) is 84.9 Å². The van der Waals surface area contributed by atoms with Crippen LogP contribution in [-0.2, 0) is 16.2 Å². The summed E-state index contributed by atoms with van der Waals surface area (Å²) in [5.74, 6) is -0.901. The highest BCUT2D eigenvalue weighted by Crippen LogP contribution is 2.39. The molecule has 1 saturated heterocycles.